The van der Waals surface area contributed by atoms with Gasteiger partial charge < -0.3 is 10.6 Å². The molecule has 2 N–H and O–H groups in total. The van der Waals surface area contributed by atoms with E-state index in [1.807, 2.05) is 0 Å². The summed E-state index contributed by atoms with van der Waals surface area (Å²) < 4.78 is 0. The van der Waals surface area contributed by atoms with Crippen molar-refractivity contribution in [1.82, 2.24) is 5.32 Å². The number of nitro groups is 2. The number of non-ortho nitro benzene ring substituents is 2. The Kier molecular flexibility index (Phi) is 5.03. The van der Waals surface area contributed by atoms with Crippen LogP contribution in [0.1, 0.15) is 20.7 Å². The standard InChI is InChI=1S/C15H12N4O6/c1-16-14(20)9-2-4-11(5-3-9)17-15(21)10-6-12(18(22)23)8-13(7-10)19(24)25/h2-8H,1H3,(H,16,20)(H,17,21). The average molecular weight is 344 g/mol. The summed E-state index contributed by atoms with van der Waals surface area (Å²) in [6.45, 7) is 0. The van der Waals surface area contributed by atoms with E-state index in [2.05, 4.69) is 10.6 Å². The zero-order valence-electron chi connectivity index (χ0n) is 12.9. The minimum Gasteiger partial charge on any atom is -0.355 e. The first kappa shape index (κ1) is 17.5. The predicted molar refractivity (Wildman–Crippen MR) is 87.5 cm³/mol. The lowest BCUT2D eigenvalue weighted by Gasteiger charge is -2.06. The summed E-state index contributed by atoms with van der Waals surface area (Å²) >= 11 is 0. The maximum atomic E-state index is 12.2. The van der Waals surface area contributed by atoms with E-state index >= 15 is 0 Å². The van der Waals surface area contributed by atoms with E-state index in [1.165, 1.54) is 31.3 Å². The van der Waals surface area contributed by atoms with Crippen LogP contribution in [-0.2, 0) is 0 Å². The summed E-state index contributed by atoms with van der Waals surface area (Å²) in [5.41, 5.74) is -0.641. The number of nitrogens with zero attached hydrogens (tertiary/aromatic N) is 2. The molecule has 0 aliphatic carbocycles. The summed E-state index contributed by atoms with van der Waals surface area (Å²) in [4.78, 5) is 43.7. The van der Waals surface area contributed by atoms with Gasteiger partial charge in [-0.3, -0.25) is 29.8 Å². The van der Waals surface area contributed by atoms with E-state index < -0.39 is 27.1 Å². The first-order valence-corrected chi connectivity index (χ1v) is 6.89. The maximum Gasteiger partial charge on any atom is 0.277 e. The molecule has 0 saturated heterocycles. The lowest BCUT2D eigenvalue weighted by atomic mass is 10.1. The van der Waals surface area contributed by atoms with Gasteiger partial charge in [-0.1, -0.05) is 0 Å². The third-order valence-corrected chi connectivity index (χ3v) is 3.22. The summed E-state index contributed by atoms with van der Waals surface area (Å²) in [5.74, 6) is -1.05. The number of nitrogens with one attached hydrogen (secondary N) is 2. The van der Waals surface area contributed by atoms with E-state index in [9.17, 15) is 29.8 Å². The molecule has 10 nitrogen and oxygen atoms in total. The molecule has 0 unspecified atom stereocenters. The summed E-state index contributed by atoms with van der Waals surface area (Å²) in [6, 6.07) is 8.55. The Labute approximate surface area is 140 Å². The number of amides is 2. The second kappa shape index (κ2) is 7.17. The van der Waals surface area contributed by atoms with Crippen LogP contribution in [0.4, 0.5) is 17.1 Å². The molecule has 25 heavy (non-hydrogen) atoms. The van der Waals surface area contributed by atoms with Gasteiger partial charge in [0.15, 0.2) is 0 Å². The highest BCUT2D eigenvalue weighted by molar-refractivity contribution is 6.05. The third kappa shape index (κ3) is 4.13. The van der Waals surface area contributed by atoms with Crippen LogP contribution in [0.25, 0.3) is 0 Å². The lowest BCUT2D eigenvalue weighted by Crippen LogP contribution is -2.18. The van der Waals surface area contributed by atoms with Crippen LogP contribution in [-0.4, -0.2) is 28.7 Å². The molecule has 0 radical (unpaired) electrons. The molecule has 0 saturated carbocycles. The number of carbonyl (C=O) groups is 2. The molecule has 10 heteroatoms. The Morgan fingerprint density at radius 2 is 1.36 bits per heavy atom. The van der Waals surface area contributed by atoms with Crippen LogP contribution in [0.5, 0.6) is 0 Å². The molecule has 2 amide bonds. The molecule has 2 aromatic carbocycles. The van der Waals surface area contributed by atoms with Gasteiger partial charge in [-0.2, -0.15) is 0 Å². The van der Waals surface area contributed by atoms with Gasteiger partial charge in [0.2, 0.25) is 0 Å². The Bertz CT molecular complexity index is 831. The van der Waals surface area contributed by atoms with Crippen molar-refractivity contribution in [2.45, 2.75) is 0 Å². The number of rotatable bonds is 5. The Morgan fingerprint density at radius 1 is 0.840 bits per heavy atom. The predicted octanol–water partition coefficient (Wildman–Crippen LogP) is 2.11. The molecule has 0 atom stereocenters. The maximum absolute atomic E-state index is 12.2. The number of hydrogen-bond acceptors (Lipinski definition) is 6. The monoisotopic (exact) mass is 344 g/mol. The minimum atomic E-state index is -0.818. The number of hydrogen-bond donors (Lipinski definition) is 2. The molecule has 0 spiro atoms. The molecule has 0 aliphatic rings. The van der Waals surface area contributed by atoms with E-state index in [0.717, 1.165) is 18.2 Å². The molecule has 0 aliphatic heterocycles. The van der Waals surface area contributed by atoms with Crippen molar-refractivity contribution in [3.8, 4) is 0 Å². The largest absolute Gasteiger partial charge is 0.355 e. The first-order valence-electron chi connectivity index (χ1n) is 6.89. The Hall–Kier alpha value is -3.82. The number of anilines is 1. The van der Waals surface area contributed by atoms with Gasteiger partial charge >= 0.3 is 0 Å². The minimum absolute atomic E-state index is 0.226. The van der Waals surface area contributed by atoms with Crippen molar-refractivity contribution in [3.63, 3.8) is 0 Å². The molecular weight excluding hydrogens is 332 g/mol. The van der Waals surface area contributed by atoms with Crippen LogP contribution < -0.4 is 10.6 Å². The van der Waals surface area contributed by atoms with Gasteiger partial charge in [0.25, 0.3) is 23.2 Å². The van der Waals surface area contributed by atoms with E-state index in [-0.39, 0.29) is 11.5 Å². The molecule has 0 heterocycles. The number of carbonyl (C=O) groups excluding carboxylic acids is 2. The molecular formula is C15H12N4O6. The molecule has 0 fully saturated rings. The lowest BCUT2D eigenvalue weighted by molar-refractivity contribution is -0.394. The van der Waals surface area contributed by atoms with Gasteiger partial charge in [0.05, 0.1) is 21.5 Å². The van der Waals surface area contributed by atoms with Gasteiger partial charge in [-0.15, -0.1) is 0 Å². The van der Waals surface area contributed by atoms with Crippen molar-refractivity contribution in [3.05, 3.63) is 73.8 Å². The first-order chi connectivity index (χ1) is 11.8. The summed E-state index contributed by atoms with van der Waals surface area (Å²) in [5, 5.41) is 26.6. The molecule has 0 aromatic heterocycles. The molecule has 0 bridgehead atoms. The highest BCUT2D eigenvalue weighted by Crippen LogP contribution is 2.23. The number of benzene rings is 2. The fraction of sp³-hybridized carbons (Fsp3) is 0.0667. The fourth-order valence-corrected chi connectivity index (χ4v) is 1.99. The highest BCUT2D eigenvalue weighted by atomic mass is 16.6. The number of nitro benzene ring substituents is 2. The topological polar surface area (TPSA) is 144 Å². The van der Waals surface area contributed by atoms with Crippen molar-refractivity contribution in [2.24, 2.45) is 0 Å². The summed E-state index contributed by atoms with van der Waals surface area (Å²) in [6.07, 6.45) is 0. The second-order valence-corrected chi connectivity index (χ2v) is 4.86. The fourth-order valence-electron chi connectivity index (χ4n) is 1.99. The van der Waals surface area contributed by atoms with E-state index in [4.69, 9.17) is 0 Å². The van der Waals surface area contributed by atoms with E-state index in [0.29, 0.717) is 11.3 Å². The molecule has 2 rings (SSSR count). The van der Waals surface area contributed by atoms with Crippen LogP contribution in [0, 0.1) is 20.2 Å². The Balaban J connectivity index is 2.27. The van der Waals surface area contributed by atoms with Crippen LogP contribution in [0.15, 0.2) is 42.5 Å². The van der Waals surface area contributed by atoms with E-state index in [1.54, 1.807) is 0 Å². The van der Waals surface area contributed by atoms with Crippen LogP contribution >= 0.6 is 0 Å². The van der Waals surface area contributed by atoms with Crippen molar-refractivity contribution < 1.29 is 19.4 Å². The van der Waals surface area contributed by atoms with Crippen molar-refractivity contribution >= 4 is 28.9 Å². The van der Waals surface area contributed by atoms with Crippen LogP contribution in [0.2, 0.25) is 0 Å². The normalized spacial score (nSPS) is 9.96. The van der Waals surface area contributed by atoms with Crippen molar-refractivity contribution in [2.75, 3.05) is 12.4 Å². The van der Waals surface area contributed by atoms with Gasteiger partial charge in [0, 0.05) is 30.4 Å². The van der Waals surface area contributed by atoms with Crippen molar-refractivity contribution in [1.29, 1.82) is 0 Å². The second-order valence-electron chi connectivity index (χ2n) is 4.86. The van der Waals surface area contributed by atoms with Gasteiger partial charge in [0.1, 0.15) is 0 Å². The molecule has 2 aromatic rings. The third-order valence-electron chi connectivity index (χ3n) is 3.22. The SMILES string of the molecule is CNC(=O)c1ccc(NC(=O)c2cc([N+](=O)[O-])cc([N+](=O)[O-])c2)cc1. The quantitative estimate of drug-likeness (QED) is 0.627. The Morgan fingerprint density at radius 3 is 1.80 bits per heavy atom. The van der Waals surface area contributed by atoms with Crippen LogP contribution in [0.3, 0.4) is 0 Å². The van der Waals surface area contributed by atoms with Gasteiger partial charge in [-0.05, 0) is 24.3 Å². The average Bonchev–Trinajstić information content (AvgIpc) is 2.61. The molecule has 128 valence electrons. The smallest absolute Gasteiger partial charge is 0.277 e. The summed E-state index contributed by atoms with van der Waals surface area (Å²) in [7, 11) is 1.48. The zero-order valence-corrected chi connectivity index (χ0v) is 12.9. The zero-order chi connectivity index (χ0) is 18.6. The highest BCUT2D eigenvalue weighted by Gasteiger charge is 2.20. The van der Waals surface area contributed by atoms with Gasteiger partial charge in [-0.25, -0.2) is 0 Å².